The van der Waals surface area contributed by atoms with Crippen LogP contribution in [0.2, 0.25) is 0 Å². The minimum Gasteiger partial charge on any atom is -0.295 e. The van der Waals surface area contributed by atoms with Gasteiger partial charge in [-0.05, 0) is 47.7 Å². The van der Waals surface area contributed by atoms with Gasteiger partial charge in [-0.25, -0.2) is 0 Å². The van der Waals surface area contributed by atoms with Crippen molar-refractivity contribution in [2.45, 2.75) is 33.6 Å². The van der Waals surface area contributed by atoms with Gasteiger partial charge in [0.15, 0.2) is 5.78 Å². The summed E-state index contributed by atoms with van der Waals surface area (Å²) in [6.07, 6.45) is 1.95. The molecule has 0 heterocycles. The van der Waals surface area contributed by atoms with Crippen LogP contribution in [0.4, 0.5) is 0 Å². The van der Waals surface area contributed by atoms with Gasteiger partial charge >= 0.3 is 0 Å². The first-order chi connectivity index (χ1) is 8.15. The van der Waals surface area contributed by atoms with Crippen LogP contribution in [-0.2, 0) is 12.8 Å². The molecule has 0 saturated heterocycles. The second-order valence-electron chi connectivity index (χ2n) is 4.45. The number of ketones is 1. The maximum absolute atomic E-state index is 11.6. The molecule has 0 aliphatic carbocycles. The highest BCUT2D eigenvalue weighted by Crippen LogP contribution is 2.22. The molecular weight excluding hydrogens is 208 g/mol. The number of carbonyl (C=O) groups is 1. The Morgan fingerprint density at radius 3 is 2.35 bits per heavy atom. The predicted molar refractivity (Wildman–Crippen MR) is 72.7 cm³/mol. The Balaban J connectivity index is 2.69. The molecule has 2 aromatic rings. The van der Waals surface area contributed by atoms with Gasteiger partial charge in [0.2, 0.25) is 0 Å². The number of aryl methyl sites for hydroxylation is 2. The highest BCUT2D eigenvalue weighted by atomic mass is 16.1. The van der Waals surface area contributed by atoms with Gasteiger partial charge in [-0.15, -0.1) is 0 Å². The van der Waals surface area contributed by atoms with Gasteiger partial charge in [-0.3, -0.25) is 4.79 Å². The zero-order chi connectivity index (χ0) is 12.4. The summed E-state index contributed by atoms with van der Waals surface area (Å²) in [6, 6.07) is 10.7. The third kappa shape index (κ3) is 2.23. The van der Waals surface area contributed by atoms with E-state index in [0.29, 0.717) is 0 Å². The number of hydrogen-bond donors (Lipinski definition) is 0. The van der Waals surface area contributed by atoms with Crippen LogP contribution in [0.15, 0.2) is 30.3 Å². The van der Waals surface area contributed by atoms with E-state index in [1.807, 2.05) is 6.07 Å². The fourth-order valence-electron chi connectivity index (χ4n) is 2.23. The minimum absolute atomic E-state index is 0.156. The lowest BCUT2D eigenvalue weighted by Crippen LogP contribution is -1.99. The van der Waals surface area contributed by atoms with Gasteiger partial charge in [0.1, 0.15) is 0 Å². The number of benzene rings is 2. The van der Waals surface area contributed by atoms with E-state index in [1.165, 1.54) is 10.9 Å². The van der Waals surface area contributed by atoms with Crippen LogP contribution >= 0.6 is 0 Å². The van der Waals surface area contributed by atoms with E-state index >= 15 is 0 Å². The second kappa shape index (κ2) is 4.70. The average molecular weight is 226 g/mol. The van der Waals surface area contributed by atoms with E-state index in [4.69, 9.17) is 0 Å². The summed E-state index contributed by atoms with van der Waals surface area (Å²) >= 11 is 0. The number of hydrogen-bond acceptors (Lipinski definition) is 1. The molecule has 0 amide bonds. The summed E-state index contributed by atoms with van der Waals surface area (Å²) < 4.78 is 0. The van der Waals surface area contributed by atoms with Gasteiger partial charge in [-0.2, -0.15) is 0 Å². The molecule has 0 radical (unpaired) electrons. The van der Waals surface area contributed by atoms with E-state index < -0.39 is 0 Å². The Morgan fingerprint density at radius 1 is 1.00 bits per heavy atom. The van der Waals surface area contributed by atoms with Crippen molar-refractivity contribution in [3.8, 4) is 0 Å². The van der Waals surface area contributed by atoms with Gasteiger partial charge in [-0.1, -0.05) is 38.1 Å². The smallest absolute Gasteiger partial charge is 0.160 e. The summed E-state index contributed by atoms with van der Waals surface area (Å²) in [6.45, 7) is 5.89. The zero-order valence-corrected chi connectivity index (χ0v) is 10.7. The van der Waals surface area contributed by atoms with E-state index in [0.717, 1.165) is 29.4 Å². The molecule has 0 aromatic heterocycles. The molecule has 0 aliphatic heterocycles. The lowest BCUT2D eigenvalue weighted by molar-refractivity contribution is 0.101. The van der Waals surface area contributed by atoms with Crippen molar-refractivity contribution in [2.24, 2.45) is 0 Å². The first kappa shape index (κ1) is 11.8. The quantitative estimate of drug-likeness (QED) is 0.718. The zero-order valence-electron chi connectivity index (χ0n) is 10.7. The van der Waals surface area contributed by atoms with Gasteiger partial charge in [0.25, 0.3) is 0 Å². The van der Waals surface area contributed by atoms with Gasteiger partial charge in [0.05, 0.1) is 0 Å². The molecule has 0 spiro atoms. The first-order valence-corrected chi connectivity index (χ1v) is 6.22. The van der Waals surface area contributed by atoms with Crippen molar-refractivity contribution >= 4 is 16.6 Å². The Hall–Kier alpha value is -1.63. The largest absolute Gasteiger partial charge is 0.295 e. The minimum atomic E-state index is 0.156. The van der Waals surface area contributed by atoms with Gasteiger partial charge in [0, 0.05) is 5.56 Å². The van der Waals surface area contributed by atoms with E-state index in [1.54, 1.807) is 6.92 Å². The third-order valence-corrected chi connectivity index (χ3v) is 3.30. The van der Waals surface area contributed by atoms with Crippen molar-refractivity contribution < 1.29 is 4.79 Å². The second-order valence-corrected chi connectivity index (χ2v) is 4.45. The molecule has 0 fully saturated rings. The summed E-state index contributed by atoms with van der Waals surface area (Å²) in [4.78, 5) is 11.6. The van der Waals surface area contributed by atoms with Crippen molar-refractivity contribution in [2.75, 3.05) is 0 Å². The molecule has 0 unspecified atom stereocenters. The molecule has 0 aliphatic rings. The van der Waals surface area contributed by atoms with Crippen LogP contribution in [0.25, 0.3) is 10.8 Å². The molecule has 88 valence electrons. The SMILES string of the molecule is CCc1ccc2cc(C(C)=O)c(CC)cc2c1. The summed E-state index contributed by atoms with van der Waals surface area (Å²) in [7, 11) is 0. The first-order valence-electron chi connectivity index (χ1n) is 6.22. The molecule has 0 N–H and O–H groups in total. The Morgan fingerprint density at radius 2 is 1.76 bits per heavy atom. The summed E-state index contributed by atoms with van der Waals surface area (Å²) in [5.41, 5.74) is 3.36. The van der Waals surface area contributed by atoms with Crippen molar-refractivity contribution in [1.29, 1.82) is 0 Å². The average Bonchev–Trinajstić information content (AvgIpc) is 2.36. The Labute approximate surface area is 102 Å². The highest BCUT2D eigenvalue weighted by molar-refractivity contribution is 6.00. The van der Waals surface area contributed by atoms with Crippen LogP contribution in [0, 0.1) is 0 Å². The van der Waals surface area contributed by atoms with Crippen LogP contribution in [0.3, 0.4) is 0 Å². The third-order valence-electron chi connectivity index (χ3n) is 3.30. The van der Waals surface area contributed by atoms with Gasteiger partial charge < -0.3 is 0 Å². The summed E-state index contributed by atoms with van der Waals surface area (Å²) in [5, 5.41) is 2.40. The Bertz CT molecular complexity index is 567. The number of rotatable bonds is 3. The van der Waals surface area contributed by atoms with Crippen LogP contribution < -0.4 is 0 Å². The molecule has 0 saturated carbocycles. The van der Waals surface area contributed by atoms with Crippen LogP contribution in [0.1, 0.15) is 42.3 Å². The van der Waals surface area contributed by atoms with Crippen molar-refractivity contribution in [1.82, 2.24) is 0 Å². The monoisotopic (exact) mass is 226 g/mol. The standard InChI is InChI=1S/C16H18O/c1-4-12-6-7-14-10-16(11(3)17)13(5-2)9-15(14)8-12/h6-10H,4-5H2,1-3H3. The number of carbonyl (C=O) groups excluding carboxylic acids is 1. The molecule has 17 heavy (non-hydrogen) atoms. The topological polar surface area (TPSA) is 17.1 Å². The Kier molecular flexibility index (Phi) is 3.28. The van der Waals surface area contributed by atoms with Crippen molar-refractivity contribution in [3.63, 3.8) is 0 Å². The lowest BCUT2D eigenvalue weighted by atomic mass is 9.96. The fourth-order valence-corrected chi connectivity index (χ4v) is 2.23. The van der Waals surface area contributed by atoms with Crippen LogP contribution in [0.5, 0.6) is 0 Å². The number of Topliss-reactive ketones (excluding diaryl/α,β-unsaturated/α-hetero) is 1. The molecular formula is C16H18O. The highest BCUT2D eigenvalue weighted by Gasteiger charge is 2.07. The predicted octanol–water partition coefficient (Wildman–Crippen LogP) is 4.17. The molecule has 1 nitrogen and oxygen atoms in total. The van der Waals surface area contributed by atoms with E-state index in [-0.39, 0.29) is 5.78 Å². The van der Waals surface area contributed by atoms with Crippen LogP contribution in [-0.4, -0.2) is 5.78 Å². The molecule has 2 rings (SSSR count). The maximum Gasteiger partial charge on any atom is 0.160 e. The van der Waals surface area contributed by atoms with Crippen molar-refractivity contribution in [3.05, 3.63) is 47.0 Å². The van der Waals surface area contributed by atoms with E-state index in [2.05, 4.69) is 38.1 Å². The normalized spacial score (nSPS) is 10.8. The molecule has 2 aromatic carbocycles. The molecule has 1 heteroatoms. The lowest BCUT2D eigenvalue weighted by Gasteiger charge is -2.08. The van der Waals surface area contributed by atoms with E-state index in [9.17, 15) is 4.79 Å². The molecule has 0 bridgehead atoms. The number of fused-ring (bicyclic) bond motifs is 1. The summed E-state index contributed by atoms with van der Waals surface area (Å²) in [5.74, 6) is 0.156. The molecule has 0 atom stereocenters. The fraction of sp³-hybridized carbons (Fsp3) is 0.312. The maximum atomic E-state index is 11.6.